The van der Waals surface area contributed by atoms with Gasteiger partial charge in [-0.1, -0.05) is 17.7 Å². The number of hydrogen-bond acceptors (Lipinski definition) is 2. The van der Waals surface area contributed by atoms with Crippen molar-refractivity contribution < 1.29 is 22.8 Å². The van der Waals surface area contributed by atoms with Gasteiger partial charge >= 0.3 is 6.18 Å². The Bertz CT molecular complexity index is 905. The number of amides is 2. The van der Waals surface area contributed by atoms with Gasteiger partial charge in [0.1, 0.15) is 0 Å². The Labute approximate surface area is 171 Å². The molecule has 2 aromatic rings. The molecule has 1 aliphatic rings. The standard InChI is InChI=1S/C21H20ClF3N2O2/c1-13-17(22)3-2-4-18(13)26-19(28)14-9-11-27(12-10-14)20(29)15-5-7-16(8-6-15)21(23,24)25/h2-8,14H,9-12H2,1H3,(H,26,28). The summed E-state index contributed by atoms with van der Waals surface area (Å²) in [5.74, 6) is -0.703. The maximum absolute atomic E-state index is 12.7. The third-order valence-electron chi connectivity index (χ3n) is 5.14. The van der Waals surface area contributed by atoms with Crippen molar-refractivity contribution in [3.05, 3.63) is 64.2 Å². The highest BCUT2D eigenvalue weighted by Gasteiger charge is 2.31. The lowest BCUT2D eigenvalue weighted by Gasteiger charge is -2.31. The molecule has 1 saturated heterocycles. The van der Waals surface area contributed by atoms with Crippen LogP contribution < -0.4 is 5.32 Å². The van der Waals surface area contributed by atoms with Gasteiger partial charge in [0.25, 0.3) is 5.91 Å². The Morgan fingerprint density at radius 3 is 2.28 bits per heavy atom. The number of rotatable bonds is 3. The lowest BCUT2D eigenvalue weighted by Crippen LogP contribution is -2.41. The highest BCUT2D eigenvalue weighted by Crippen LogP contribution is 2.30. The predicted molar refractivity (Wildman–Crippen MR) is 105 cm³/mol. The summed E-state index contributed by atoms with van der Waals surface area (Å²) in [6.45, 7) is 2.56. The maximum Gasteiger partial charge on any atom is 0.416 e. The van der Waals surface area contributed by atoms with Gasteiger partial charge in [0.15, 0.2) is 0 Å². The molecule has 0 aliphatic carbocycles. The van der Waals surface area contributed by atoms with E-state index in [1.165, 1.54) is 12.1 Å². The molecule has 1 N–H and O–H groups in total. The van der Waals surface area contributed by atoms with E-state index in [-0.39, 0.29) is 23.3 Å². The minimum atomic E-state index is -4.44. The van der Waals surface area contributed by atoms with Gasteiger partial charge in [-0.05, 0) is 61.7 Å². The van der Waals surface area contributed by atoms with Crippen LogP contribution in [-0.4, -0.2) is 29.8 Å². The first-order valence-corrected chi connectivity index (χ1v) is 9.57. The topological polar surface area (TPSA) is 49.4 Å². The fourth-order valence-corrected chi connectivity index (χ4v) is 3.48. The molecule has 0 bridgehead atoms. The van der Waals surface area contributed by atoms with Gasteiger partial charge in [0, 0.05) is 35.3 Å². The number of nitrogens with one attached hydrogen (secondary N) is 1. The summed E-state index contributed by atoms with van der Waals surface area (Å²) in [4.78, 5) is 26.7. The fourth-order valence-electron chi connectivity index (χ4n) is 3.31. The third-order valence-corrected chi connectivity index (χ3v) is 5.55. The zero-order valence-electron chi connectivity index (χ0n) is 15.7. The van der Waals surface area contributed by atoms with Crippen LogP contribution >= 0.6 is 11.6 Å². The molecule has 0 atom stereocenters. The quantitative estimate of drug-likeness (QED) is 0.740. The lowest BCUT2D eigenvalue weighted by atomic mass is 9.95. The minimum Gasteiger partial charge on any atom is -0.339 e. The molecule has 154 valence electrons. The zero-order valence-corrected chi connectivity index (χ0v) is 16.5. The molecule has 0 spiro atoms. The maximum atomic E-state index is 12.7. The number of nitrogens with zero attached hydrogens (tertiary/aromatic N) is 1. The second-order valence-corrected chi connectivity index (χ2v) is 7.45. The zero-order chi connectivity index (χ0) is 21.2. The van der Waals surface area contributed by atoms with Gasteiger partial charge in [0.05, 0.1) is 5.56 Å². The molecule has 0 aromatic heterocycles. The molecule has 1 heterocycles. The Kier molecular flexibility index (Phi) is 6.17. The largest absolute Gasteiger partial charge is 0.416 e. The molecule has 0 unspecified atom stereocenters. The number of alkyl halides is 3. The fraction of sp³-hybridized carbons (Fsp3) is 0.333. The van der Waals surface area contributed by atoms with Crippen LogP contribution in [0.5, 0.6) is 0 Å². The molecule has 4 nitrogen and oxygen atoms in total. The van der Waals surface area contributed by atoms with Crippen molar-refractivity contribution in [1.29, 1.82) is 0 Å². The van der Waals surface area contributed by atoms with Crippen LogP contribution in [0.4, 0.5) is 18.9 Å². The van der Waals surface area contributed by atoms with Crippen molar-refractivity contribution in [2.75, 3.05) is 18.4 Å². The first-order valence-electron chi connectivity index (χ1n) is 9.19. The van der Waals surface area contributed by atoms with E-state index in [9.17, 15) is 22.8 Å². The van der Waals surface area contributed by atoms with Crippen molar-refractivity contribution in [2.24, 2.45) is 5.92 Å². The Hall–Kier alpha value is -2.54. The molecule has 8 heteroatoms. The van der Waals surface area contributed by atoms with Crippen molar-refractivity contribution in [3.63, 3.8) is 0 Å². The van der Waals surface area contributed by atoms with Gasteiger partial charge in [-0.2, -0.15) is 13.2 Å². The molecule has 29 heavy (non-hydrogen) atoms. The molecule has 1 fully saturated rings. The molecule has 3 rings (SSSR count). The van der Waals surface area contributed by atoms with Crippen LogP contribution in [0.25, 0.3) is 0 Å². The molecule has 2 amide bonds. The van der Waals surface area contributed by atoms with Crippen molar-refractivity contribution >= 4 is 29.1 Å². The van der Waals surface area contributed by atoms with Gasteiger partial charge < -0.3 is 10.2 Å². The van der Waals surface area contributed by atoms with Crippen LogP contribution in [0.3, 0.4) is 0 Å². The Morgan fingerprint density at radius 1 is 1.07 bits per heavy atom. The number of likely N-dealkylation sites (tertiary alicyclic amines) is 1. The minimum absolute atomic E-state index is 0.128. The first kappa shape index (κ1) is 21.2. The lowest BCUT2D eigenvalue weighted by molar-refractivity contribution is -0.137. The molecular weight excluding hydrogens is 405 g/mol. The Morgan fingerprint density at radius 2 is 1.69 bits per heavy atom. The highest BCUT2D eigenvalue weighted by atomic mass is 35.5. The summed E-state index contributed by atoms with van der Waals surface area (Å²) in [6, 6.07) is 9.47. The van der Waals surface area contributed by atoms with E-state index in [1.54, 1.807) is 23.1 Å². The number of hydrogen-bond donors (Lipinski definition) is 1. The van der Waals surface area contributed by atoms with Crippen LogP contribution in [0.15, 0.2) is 42.5 Å². The molecule has 1 aliphatic heterocycles. The monoisotopic (exact) mass is 424 g/mol. The van der Waals surface area contributed by atoms with E-state index in [0.29, 0.717) is 36.6 Å². The van der Waals surface area contributed by atoms with Gasteiger partial charge in [-0.15, -0.1) is 0 Å². The van der Waals surface area contributed by atoms with Crippen molar-refractivity contribution in [3.8, 4) is 0 Å². The van der Waals surface area contributed by atoms with Gasteiger partial charge in [-0.3, -0.25) is 9.59 Å². The summed E-state index contributed by atoms with van der Waals surface area (Å²) >= 11 is 6.07. The number of carbonyl (C=O) groups excluding carboxylic acids is 2. The van der Waals surface area contributed by atoms with E-state index >= 15 is 0 Å². The summed E-state index contributed by atoms with van der Waals surface area (Å²) in [6.07, 6.45) is -3.47. The second kappa shape index (κ2) is 8.45. The van der Waals surface area contributed by atoms with Crippen LogP contribution in [-0.2, 0) is 11.0 Å². The summed E-state index contributed by atoms with van der Waals surface area (Å²) < 4.78 is 38.0. The SMILES string of the molecule is Cc1c(Cl)cccc1NC(=O)C1CCN(C(=O)c2ccc(C(F)(F)F)cc2)CC1. The Balaban J connectivity index is 1.57. The second-order valence-electron chi connectivity index (χ2n) is 7.04. The highest BCUT2D eigenvalue weighted by molar-refractivity contribution is 6.31. The normalized spacial score (nSPS) is 15.3. The molecule has 2 aromatic carbocycles. The van der Waals surface area contributed by atoms with Crippen LogP contribution in [0, 0.1) is 12.8 Å². The number of benzene rings is 2. The summed E-state index contributed by atoms with van der Waals surface area (Å²) in [5.41, 5.74) is 0.861. The van der Waals surface area contributed by atoms with E-state index < -0.39 is 11.7 Å². The smallest absolute Gasteiger partial charge is 0.339 e. The third kappa shape index (κ3) is 4.90. The molecule has 0 radical (unpaired) electrons. The molecular formula is C21H20ClF3N2O2. The van der Waals surface area contributed by atoms with E-state index in [1.807, 2.05) is 6.92 Å². The summed E-state index contributed by atoms with van der Waals surface area (Å²) in [7, 11) is 0. The van der Waals surface area contributed by atoms with Crippen molar-refractivity contribution in [1.82, 2.24) is 4.90 Å². The van der Waals surface area contributed by atoms with Gasteiger partial charge in [0.2, 0.25) is 5.91 Å². The average Bonchev–Trinajstić information content (AvgIpc) is 2.70. The van der Waals surface area contributed by atoms with E-state index in [0.717, 1.165) is 17.7 Å². The number of halogens is 4. The van der Waals surface area contributed by atoms with Crippen LogP contribution in [0.2, 0.25) is 5.02 Å². The number of carbonyl (C=O) groups is 2. The summed E-state index contributed by atoms with van der Waals surface area (Å²) in [5, 5.41) is 3.45. The van der Waals surface area contributed by atoms with Gasteiger partial charge in [-0.25, -0.2) is 0 Å². The number of piperidine rings is 1. The average molecular weight is 425 g/mol. The number of anilines is 1. The van der Waals surface area contributed by atoms with Crippen molar-refractivity contribution in [2.45, 2.75) is 25.9 Å². The predicted octanol–water partition coefficient (Wildman–Crippen LogP) is 5.16. The first-order chi connectivity index (χ1) is 13.7. The van der Waals surface area contributed by atoms with E-state index in [2.05, 4.69) is 5.32 Å². The van der Waals surface area contributed by atoms with E-state index in [4.69, 9.17) is 11.6 Å². The molecule has 0 saturated carbocycles. The van der Waals surface area contributed by atoms with Crippen LogP contribution in [0.1, 0.15) is 34.3 Å².